The topological polar surface area (TPSA) is 82.1 Å². The maximum absolute atomic E-state index is 6.18. The van der Waals surface area contributed by atoms with Gasteiger partial charge in [-0.05, 0) is 51.6 Å². The SMILES string of the molecule is Cc1noc([C@@H]2CCCO[C@H]2C2CCN(CCn3cncn3)CC2)n1. The van der Waals surface area contributed by atoms with Crippen molar-refractivity contribution >= 4 is 0 Å². The van der Waals surface area contributed by atoms with E-state index in [2.05, 4.69) is 25.1 Å². The zero-order chi connectivity index (χ0) is 17.1. The molecule has 0 saturated carbocycles. The van der Waals surface area contributed by atoms with Crippen molar-refractivity contribution in [1.82, 2.24) is 29.8 Å². The number of likely N-dealkylation sites (tertiary alicyclic amines) is 1. The summed E-state index contributed by atoms with van der Waals surface area (Å²) in [6, 6.07) is 0. The molecule has 0 aliphatic carbocycles. The molecule has 2 aromatic heterocycles. The standard InChI is InChI=1S/C17H26N6O2/c1-13-20-17(25-21-13)15-3-2-10-24-16(15)14-4-6-22(7-5-14)8-9-23-12-18-11-19-23/h11-12,14-16H,2-10H2,1H3/t15-,16+/m1/s1. The van der Waals surface area contributed by atoms with Gasteiger partial charge in [-0.15, -0.1) is 0 Å². The Bertz CT molecular complexity index is 650. The Kier molecular flexibility index (Phi) is 5.07. The van der Waals surface area contributed by atoms with Crippen molar-refractivity contribution in [3.05, 3.63) is 24.4 Å². The van der Waals surface area contributed by atoms with Crippen LogP contribution in [0.1, 0.15) is 43.3 Å². The average Bonchev–Trinajstić information content (AvgIpc) is 3.32. The maximum Gasteiger partial charge on any atom is 0.232 e. The number of aryl methyl sites for hydroxylation is 1. The molecule has 25 heavy (non-hydrogen) atoms. The summed E-state index contributed by atoms with van der Waals surface area (Å²) in [5, 5.41) is 8.14. The highest BCUT2D eigenvalue weighted by atomic mass is 16.5. The zero-order valence-corrected chi connectivity index (χ0v) is 14.8. The fraction of sp³-hybridized carbons (Fsp3) is 0.765. The fourth-order valence-corrected chi connectivity index (χ4v) is 4.09. The number of piperidine rings is 1. The van der Waals surface area contributed by atoms with Crippen LogP contribution in [0.4, 0.5) is 0 Å². The van der Waals surface area contributed by atoms with E-state index in [1.54, 1.807) is 12.7 Å². The van der Waals surface area contributed by atoms with Gasteiger partial charge in [-0.2, -0.15) is 10.1 Å². The van der Waals surface area contributed by atoms with Gasteiger partial charge in [0.2, 0.25) is 5.89 Å². The van der Waals surface area contributed by atoms with Crippen LogP contribution < -0.4 is 0 Å². The molecule has 0 bridgehead atoms. The Balaban J connectivity index is 1.32. The van der Waals surface area contributed by atoms with Gasteiger partial charge in [0.05, 0.1) is 18.6 Å². The number of hydrogen-bond donors (Lipinski definition) is 0. The van der Waals surface area contributed by atoms with Gasteiger partial charge in [-0.25, -0.2) is 4.98 Å². The predicted molar refractivity (Wildman–Crippen MR) is 89.9 cm³/mol. The van der Waals surface area contributed by atoms with Crippen molar-refractivity contribution in [2.75, 3.05) is 26.2 Å². The molecule has 8 heteroatoms. The molecule has 8 nitrogen and oxygen atoms in total. The fourth-order valence-electron chi connectivity index (χ4n) is 4.09. The first kappa shape index (κ1) is 16.7. The smallest absolute Gasteiger partial charge is 0.232 e. The van der Waals surface area contributed by atoms with Gasteiger partial charge in [-0.1, -0.05) is 5.16 Å². The molecule has 2 aromatic rings. The monoisotopic (exact) mass is 346 g/mol. The third kappa shape index (κ3) is 3.90. The third-order valence-corrected chi connectivity index (χ3v) is 5.44. The Labute approximate surface area is 147 Å². The van der Waals surface area contributed by atoms with Gasteiger partial charge in [-0.3, -0.25) is 4.68 Å². The van der Waals surface area contributed by atoms with Crippen LogP contribution in [0.2, 0.25) is 0 Å². The maximum atomic E-state index is 6.18. The minimum Gasteiger partial charge on any atom is -0.377 e. The van der Waals surface area contributed by atoms with Crippen molar-refractivity contribution < 1.29 is 9.26 Å². The molecule has 2 saturated heterocycles. The first-order chi connectivity index (χ1) is 12.3. The Morgan fingerprint density at radius 2 is 2.08 bits per heavy atom. The lowest BCUT2D eigenvalue weighted by Gasteiger charge is -2.40. The van der Waals surface area contributed by atoms with Crippen molar-refractivity contribution in [2.45, 2.75) is 51.2 Å². The van der Waals surface area contributed by atoms with Gasteiger partial charge in [0.1, 0.15) is 12.7 Å². The van der Waals surface area contributed by atoms with E-state index in [-0.39, 0.29) is 12.0 Å². The van der Waals surface area contributed by atoms with Crippen LogP contribution >= 0.6 is 0 Å². The Morgan fingerprint density at radius 1 is 1.20 bits per heavy atom. The normalized spacial score (nSPS) is 26.1. The molecule has 4 heterocycles. The molecule has 2 fully saturated rings. The molecule has 2 aliphatic heterocycles. The van der Waals surface area contributed by atoms with E-state index < -0.39 is 0 Å². The van der Waals surface area contributed by atoms with E-state index >= 15 is 0 Å². The zero-order valence-electron chi connectivity index (χ0n) is 14.8. The van der Waals surface area contributed by atoms with Gasteiger partial charge in [0, 0.05) is 13.2 Å². The summed E-state index contributed by atoms with van der Waals surface area (Å²) in [6.07, 6.45) is 8.05. The van der Waals surface area contributed by atoms with Crippen LogP contribution in [-0.4, -0.2) is 62.2 Å². The molecule has 2 atom stereocenters. The van der Waals surface area contributed by atoms with Gasteiger partial charge in [0.15, 0.2) is 5.82 Å². The molecule has 136 valence electrons. The highest BCUT2D eigenvalue weighted by Gasteiger charge is 2.38. The van der Waals surface area contributed by atoms with Gasteiger partial charge < -0.3 is 14.2 Å². The Hall–Kier alpha value is -1.80. The van der Waals surface area contributed by atoms with E-state index in [0.717, 1.165) is 64.4 Å². The van der Waals surface area contributed by atoms with Gasteiger partial charge >= 0.3 is 0 Å². The van der Waals surface area contributed by atoms with E-state index in [1.807, 2.05) is 11.6 Å². The van der Waals surface area contributed by atoms with Crippen molar-refractivity contribution in [1.29, 1.82) is 0 Å². The molecule has 0 amide bonds. The minimum absolute atomic E-state index is 0.214. The second-order valence-corrected chi connectivity index (χ2v) is 7.10. The van der Waals surface area contributed by atoms with E-state index in [1.165, 1.54) is 0 Å². The van der Waals surface area contributed by atoms with Crippen molar-refractivity contribution in [3.8, 4) is 0 Å². The van der Waals surface area contributed by atoms with Crippen LogP contribution in [0, 0.1) is 12.8 Å². The molecule has 0 radical (unpaired) electrons. The van der Waals surface area contributed by atoms with E-state index in [0.29, 0.717) is 11.7 Å². The molecule has 4 rings (SSSR count). The first-order valence-electron chi connectivity index (χ1n) is 9.26. The predicted octanol–water partition coefficient (Wildman–Crippen LogP) is 1.64. The first-order valence-corrected chi connectivity index (χ1v) is 9.26. The van der Waals surface area contributed by atoms with Crippen molar-refractivity contribution in [2.24, 2.45) is 5.92 Å². The number of aromatic nitrogens is 5. The molecular weight excluding hydrogens is 320 g/mol. The third-order valence-electron chi connectivity index (χ3n) is 5.44. The molecule has 0 N–H and O–H groups in total. The van der Waals surface area contributed by atoms with Crippen molar-refractivity contribution in [3.63, 3.8) is 0 Å². The second kappa shape index (κ2) is 7.61. The molecule has 0 aromatic carbocycles. The van der Waals surface area contributed by atoms with E-state index in [4.69, 9.17) is 9.26 Å². The number of hydrogen-bond acceptors (Lipinski definition) is 7. The summed E-state index contributed by atoms with van der Waals surface area (Å²) in [6.45, 7) is 6.85. The van der Waals surface area contributed by atoms with Crippen LogP contribution in [0.15, 0.2) is 17.2 Å². The summed E-state index contributed by atoms with van der Waals surface area (Å²) in [5.74, 6) is 2.29. The van der Waals surface area contributed by atoms with E-state index in [9.17, 15) is 0 Å². The largest absolute Gasteiger partial charge is 0.377 e. The minimum atomic E-state index is 0.214. The molecular formula is C17H26N6O2. The number of nitrogens with zero attached hydrogens (tertiary/aromatic N) is 6. The van der Waals surface area contributed by atoms with Crippen LogP contribution in [0.5, 0.6) is 0 Å². The lowest BCUT2D eigenvalue weighted by atomic mass is 9.81. The van der Waals surface area contributed by atoms with Crippen LogP contribution in [-0.2, 0) is 11.3 Å². The average molecular weight is 346 g/mol. The van der Waals surface area contributed by atoms with Gasteiger partial charge in [0.25, 0.3) is 0 Å². The number of rotatable bonds is 5. The highest BCUT2D eigenvalue weighted by Crippen LogP contribution is 2.37. The highest BCUT2D eigenvalue weighted by molar-refractivity contribution is 5.01. The number of ether oxygens (including phenoxy) is 1. The second-order valence-electron chi connectivity index (χ2n) is 7.10. The Morgan fingerprint density at radius 3 is 2.80 bits per heavy atom. The summed E-state index contributed by atoms with van der Waals surface area (Å²) < 4.78 is 13.5. The van der Waals surface area contributed by atoms with Crippen LogP contribution in [0.25, 0.3) is 0 Å². The summed E-state index contributed by atoms with van der Waals surface area (Å²) in [4.78, 5) is 11.0. The summed E-state index contributed by atoms with van der Waals surface area (Å²) in [5.41, 5.74) is 0. The summed E-state index contributed by atoms with van der Waals surface area (Å²) >= 11 is 0. The lowest BCUT2D eigenvalue weighted by Crippen LogP contribution is -2.43. The lowest BCUT2D eigenvalue weighted by molar-refractivity contribution is -0.0581. The molecule has 0 unspecified atom stereocenters. The quantitative estimate of drug-likeness (QED) is 0.814. The molecule has 2 aliphatic rings. The van der Waals surface area contributed by atoms with Crippen LogP contribution in [0.3, 0.4) is 0 Å². The molecule has 0 spiro atoms. The summed E-state index contributed by atoms with van der Waals surface area (Å²) in [7, 11) is 0.